The van der Waals surface area contributed by atoms with Gasteiger partial charge in [0.1, 0.15) is 17.3 Å². The minimum atomic E-state index is -0.864. The molecule has 1 N–H and O–H groups in total. The van der Waals surface area contributed by atoms with Crippen LogP contribution in [-0.4, -0.2) is 33.7 Å². The molecule has 3 rings (SSSR count). The van der Waals surface area contributed by atoms with E-state index in [1.54, 1.807) is 12.1 Å². The molecule has 0 saturated carbocycles. The predicted molar refractivity (Wildman–Crippen MR) is 108 cm³/mol. The average Bonchev–Trinajstić information content (AvgIpc) is 3.23. The maximum Gasteiger partial charge on any atom is 0.303 e. The predicted octanol–water partition coefficient (Wildman–Crippen LogP) is 5.42. The van der Waals surface area contributed by atoms with Gasteiger partial charge in [-0.1, -0.05) is 18.0 Å². The van der Waals surface area contributed by atoms with E-state index in [-0.39, 0.29) is 23.1 Å². The number of carboxylic acids is 1. The summed E-state index contributed by atoms with van der Waals surface area (Å²) in [6, 6.07) is 7.14. The number of rotatable bonds is 8. The highest BCUT2D eigenvalue weighted by Crippen LogP contribution is 2.35. The van der Waals surface area contributed by atoms with Crippen molar-refractivity contribution < 1.29 is 28.3 Å². The molecule has 0 aliphatic carbocycles. The maximum atomic E-state index is 13.5. The Labute approximate surface area is 175 Å². The molecule has 9 heteroatoms. The number of hydrogen-bond acceptors (Lipinski definition) is 5. The average molecular weight is 438 g/mol. The van der Waals surface area contributed by atoms with Crippen molar-refractivity contribution in [1.29, 1.82) is 0 Å². The van der Waals surface area contributed by atoms with Crippen molar-refractivity contribution in [2.45, 2.75) is 25.7 Å². The molecule has 2 aromatic rings. The third kappa shape index (κ3) is 5.27. The standard InChI is InChI=1S/C20H17ClFNO5S/c21-15-7-5-12(22)10-14(15)16-8-6-13(28-16)11-17-19(26)23(20(27)29-17)9-3-1-2-4-18(24)25/h5-8,10-11H,1-4,9H2,(H,24,25). The van der Waals surface area contributed by atoms with Gasteiger partial charge < -0.3 is 9.52 Å². The van der Waals surface area contributed by atoms with Crippen LogP contribution < -0.4 is 0 Å². The third-order valence-corrected chi connectivity index (χ3v) is 5.48. The van der Waals surface area contributed by atoms with Gasteiger partial charge in [-0.3, -0.25) is 19.3 Å². The van der Waals surface area contributed by atoms with E-state index in [2.05, 4.69) is 0 Å². The van der Waals surface area contributed by atoms with E-state index in [0.29, 0.717) is 41.4 Å². The van der Waals surface area contributed by atoms with Gasteiger partial charge in [0.05, 0.1) is 9.93 Å². The minimum absolute atomic E-state index is 0.0674. The van der Waals surface area contributed by atoms with Crippen molar-refractivity contribution in [3.63, 3.8) is 0 Å². The Morgan fingerprint density at radius 3 is 2.76 bits per heavy atom. The first-order valence-electron chi connectivity index (χ1n) is 8.87. The zero-order valence-corrected chi connectivity index (χ0v) is 16.8. The number of thioether (sulfide) groups is 1. The van der Waals surface area contributed by atoms with Gasteiger partial charge in [-0.2, -0.15) is 0 Å². The van der Waals surface area contributed by atoms with E-state index >= 15 is 0 Å². The number of aliphatic carboxylic acids is 1. The van der Waals surface area contributed by atoms with E-state index in [0.717, 1.165) is 16.7 Å². The number of unbranched alkanes of at least 4 members (excludes halogenated alkanes) is 2. The molecular formula is C20H17ClFNO5S. The zero-order chi connectivity index (χ0) is 21.0. The number of halogens is 2. The molecule has 1 aliphatic heterocycles. The van der Waals surface area contributed by atoms with Crippen LogP contribution in [-0.2, 0) is 9.59 Å². The fourth-order valence-electron chi connectivity index (χ4n) is 2.81. The Morgan fingerprint density at radius 2 is 2.00 bits per heavy atom. The lowest BCUT2D eigenvalue weighted by Crippen LogP contribution is -2.29. The fraction of sp³-hybridized carbons (Fsp3) is 0.250. The molecule has 0 atom stereocenters. The summed E-state index contributed by atoms with van der Waals surface area (Å²) in [7, 11) is 0. The van der Waals surface area contributed by atoms with Crippen molar-refractivity contribution in [2.24, 2.45) is 0 Å². The van der Waals surface area contributed by atoms with Crippen LogP contribution in [0.2, 0.25) is 5.02 Å². The molecule has 2 amide bonds. The van der Waals surface area contributed by atoms with E-state index in [1.165, 1.54) is 24.3 Å². The largest absolute Gasteiger partial charge is 0.481 e. The number of nitrogens with zero attached hydrogens (tertiary/aromatic N) is 1. The van der Waals surface area contributed by atoms with E-state index in [1.807, 2.05) is 0 Å². The highest BCUT2D eigenvalue weighted by molar-refractivity contribution is 8.18. The number of carbonyl (C=O) groups is 3. The summed E-state index contributed by atoms with van der Waals surface area (Å²) < 4.78 is 19.1. The van der Waals surface area contributed by atoms with Crippen LogP contribution in [0.5, 0.6) is 0 Å². The normalized spacial score (nSPS) is 15.5. The second-order valence-corrected chi connectivity index (χ2v) is 7.76. The molecule has 1 aromatic heterocycles. The Bertz CT molecular complexity index is 987. The number of carboxylic acid groups (broad SMARTS) is 1. The number of carbonyl (C=O) groups excluding carboxylic acids is 2. The van der Waals surface area contributed by atoms with Gasteiger partial charge in [-0.15, -0.1) is 0 Å². The molecule has 0 unspecified atom stereocenters. The summed E-state index contributed by atoms with van der Waals surface area (Å²) in [6.45, 7) is 0.240. The van der Waals surface area contributed by atoms with Gasteiger partial charge in [0.25, 0.3) is 11.1 Å². The Morgan fingerprint density at radius 1 is 1.21 bits per heavy atom. The van der Waals surface area contributed by atoms with Gasteiger partial charge in [-0.25, -0.2) is 4.39 Å². The first-order chi connectivity index (χ1) is 13.8. The third-order valence-electron chi connectivity index (χ3n) is 4.24. The van der Waals surface area contributed by atoms with Gasteiger partial charge in [0, 0.05) is 24.6 Å². The molecule has 29 heavy (non-hydrogen) atoms. The molecule has 2 heterocycles. The van der Waals surface area contributed by atoms with Crippen molar-refractivity contribution in [3.05, 3.63) is 51.8 Å². The molecule has 0 spiro atoms. The van der Waals surface area contributed by atoms with E-state index < -0.39 is 17.7 Å². The lowest BCUT2D eigenvalue weighted by molar-refractivity contribution is -0.137. The van der Waals surface area contributed by atoms with Crippen LogP contribution in [0.4, 0.5) is 9.18 Å². The van der Waals surface area contributed by atoms with Crippen LogP contribution in [0.15, 0.2) is 39.7 Å². The Kier molecular flexibility index (Phi) is 6.76. The van der Waals surface area contributed by atoms with Gasteiger partial charge in [-0.05, 0) is 54.9 Å². The molecule has 0 bridgehead atoms. The fourth-order valence-corrected chi connectivity index (χ4v) is 3.86. The van der Waals surface area contributed by atoms with Gasteiger partial charge in [0.15, 0.2) is 0 Å². The first kappa shape index (κ1) is 21.1. The molecule has 1 aromatic carbocycles. The topological polar surface area (TPSA) is 87.8 Å². The molecule has 1 aliphatic rings. The van der Waals surface area contributed by atoms with Crippen LogP contribution in [0.1, 0.15) is 31.4 Å². The summed E-state index contributed by atoms with van der Waals surface area (Å²) in [5.41, 5.74) is 0.390. The molecule has 1 saturated heterocycles. The summed E-state index contributed by atoms with van der Waals surface area (Å²) in [5.74, 6) is -1.05. The summed E-state index contributed by atoms with van der Waals surface area (Å²) in [4.78, 5) is 36.5. The second-order valence-electron chi connectivity index (χ2n) is 6.36. The van der Waals surface area contributed by atoms with Crippen molar-refractivity contribution >= 4 is 46.6 Å². The monoisotopic (exact) mass is 437 g/mol. The lowest BCUT2D eigenvalue weighted by atomic mass is 10.2. The second kappa shape index (κ2) is 9.28. The molecule has 152 valence electrons. The van der Waals surface area contributed by atoms with Gasteiger partial charge in [0.2, 0.25) is 0 Å². The number of benzene rings is 1. The summed E-state index contributed by atoms with van der Waals surface area (Å²) in [5, 5.41) is 8.58. The molecule has 1 fully saturated rings. The molecule has 0 radical (unpaired) electrons. The number of amides is 2. The van der Waals surface area contributed by atoms with Crippen LogP contribution >= 0.6 is 23.4 Å². The zero-order valence-electron chi connectivity index (χ0n) is 15.2. The minimum Gasteiger partial charge on any atom is -0.481 e. The maximum absolute atomic E-state index is 13.5. The van der Waals surface area contributed by atoms with Gasteiger partial charge >= 0.3 is 5.97 Å². The summed E-state index contributed by atoms with van der Waals surface area (Å²) >= 11 is 6.89. The Balaban J connectivity index is 1.66. The highest BCUT2D eigenvalue weighted by Gasteiger charge is 2.34. The molecular weight excluding hydrogens is 421 g/mol. The van der Waals surface area contributed by atoms with Crippen LogP contribution in [0.25, 0.3) is 17.4 Å². The highest BCUT2D eigenvalue weighted by atomic mass is 35.5. The number of imide groups is 1. The Hall–Kier alpha value is -2.58. The lowest BCUT2D eigenvalue weighted by Gasteiger charge is -2.11. The van der Waals surface area contributed by atoms with E-state index in [9.17, 15) is 18.8 Å². The van der Waals surface area contributed by atoms with Crippen LogP contribution in [0.3, 0.4) is 0 Å². The van der Waals surface area contributed by atoms with E-state index in [4.69, 9.17) is 21.1 Å². The smallest absolute Gasteiger partial charge is 0.303 e. The van der Waals surface area contributed by atoms with Crippen molar-refractivity contribution in [2.75, 3.05) is 6.54 Å². The molecule has 6 nitrogen and oxygen atoms in total. The summed E-state index contributed by atoms with van der Waals surface area (Å²) in [6.07, 6.45) is 3.19. The van der Waals surface area contributed by atoms with Crippen LogP contribution in [0, 0.1) is 5.82 Å². The van der Waals surface area contributed by atoms with Crippen molar-refractivity contribution in [3.8, 4) is 11.3 Å². The number of furan rings is 1. The number of hydrogen-bond donors (Lipinski definition) is 1. The first-order valence-corrected chi connectivity index (χ1v) is 10.1. The SMILES string of the molecule is O=C(O)CCCCCN1C(=O)SC(=Cc2ccc(-c3cc(F)ccc3Cl)o2)C1=O. The quantitative estimate of drug-likeness (QED) is 0.438. The van der Waals surface area contributed by atoms with Crippen molar-refractivity contribution in [1.82, 2.24) is 4.90 Å².